The van der Waals surface area contributed by atoms with Crippen molar-refractivity contribution in [2.45, 2.75) is 51.4 Å². The second kappa shape index (κ2) is 16.8. The third-order valence-corrected chi connectivity index (χ3v) is 9.85. The van der Waals surface area contributed by atoms with Crippen LogP contribution in [0, 0.1) is 11.8 Å². The van der Waals surface area contributed by atoms with Crippen molar-refractivity contribution in [1.29, 1.82) is 0 Å². The molecule has 10 nitrogen and oxygen atoms in total. The first-order chi connectivity index (χ1) is 22.9. The summed E-state index contributed by atoms with van der Waals surface area (Å²) in [6, 6.07) is 14.0. The molecule has 0 saturated heterocycles. The van der Waals surface area contributed by atoms with E-state index in [1.54, 1.807) is 36.4 Å². The molecule has 2 aromatic heterocycles. The third kappa shape index (κ3) is 9.26. The van der Waals surface area contributed by atoms with Crippen LogP contribution in [0.4, 0.5) is 0 Å². The van der Waals surface area contributed by atoms with Crippen LogP contribution in [0.15, 0.2) is 66.6 Å². The van der Waals surface area contributed by atoms with Crippen LogP contribution in [0.25, 0.3) is 20.1 Å². The number of carbonyl (C=O) groups is 4. The maximum absolute atomic E-state index is 13.2. The lowest BCUT2D eigenvalue weighted by Gasteiger charge is -2.25. The Labute approximate surface area is 280 Å². The minimum Gasteiger partial charge on any atom is -0.494 e. The van der Waals surface area contributed by atoms with E-state index >= 15 is 0 Å². The smallest absolute Gasteiger partial charge is 0.330 e. The molecule has 0 spiro atoms. The fourth-order valence-electron chi connectivity index (χ4n) is 5.23. The summed E-state index contributed by atoms with van der Waals surface area (Å²) in [6.45, 7) is 4.66. The van der Waals surface area contributed by atoms with E-state index in [2.05, 4.69) is 11.6 Å². The average Bonchev–Trinajstić information content (AvgIpc) is 3.79. The largest absolute Gasteiger partial charge is 0.494 e. The number of benzene rings is 2. The molecule has 5 rings (SSSR count). The first kappa shape index (κ1) is 33.8. The number of esters is 3. The molecule has 1 aliphatic rings. The van der Waals surface area contributed by atoms with E-state index in [1.807, 2.05) is 17.5 Å². The fraction of sp³-hybridized carbons (Fsp3) is 0.343. The van der Waals surface area contributed by atoms with Gasteiger partial charge in [0.2, 0.25) is 0 Å². The van der Waals surface area contributed by atoms with Gasteiger partial charge in [-0.1, -0.05) is 12.6 Å². The third-order valence-electron chi connectivity index (χ3n) is 7.74. The zero-order valence-corrected chi connectivity index (χ0v) is 27.4. The number of hydrogen-bond acceptors (Lipinski definition) is 12. The molecule has 0 N–H and O–H groups in total. The van der Waals surface area contributed by atoms with Gasteiger partial charge < -0.3 is 23.7 Å². The van der Waals surface area contributed by atoms with Gasteiger partial charge in [0, 0.05) is 6.08 Å². The van der Waals surface area contributed by atoms with Crippen molar-refractivity contribution in [1.82, 2.24) is 4.98 Å². The highest BCUT2D eigenvalue weighted by molar-refractivity contribution is 7.25. The van der Waals surface area contributed by atoms with E-state index in [-0.39, 0.29) is 23.8 Å². The van der Waals surface area contributed by atoms with Gasteiger partial charge >= 0.3 is 17.9 Å². The van der Waals surface area contributed by atoms with Crippen LogP contribution in [-0.4, -0.2) is 42.6 Å². The van der Waals surface area contributed by atoms with E-state index in [0.29, 0.717) is 78.6 Å². The molecule has 47 heavy (non-hydrogen) atoms. The zero-order chi connectivity index (χ0) is 33.0. The molecule has 246 valence electrons. The van der Waals surface area contributed by atoms with Crippen molar-refractivity contribution in [2.75, 3.05) is 13.2 Å². The van der Waals surface area contributed by atoms with Gasteiger partial charge in [-0.15, -0.1) is 22.7 Å². The fourth-order valence-corrected chi connectivity index (χ4v) is 7.06. The molecule has 0 aliphatic heterocycles. The summed E-state index contributed by atoms with van der Waals surface area (Å²) < 4.78 is 27.9. The van der Waals surface area contributed by atoms with Gasteiger partial charge in [-0.3, -0.25) is 14.4 Å². The van der Waals surface area contributed by atoms with Crippen LogP contribution < -0.4 is 18.9 Å². The standard InChI is InChI=1S/C35H35NO9S2/c1-2-30(38)42-20-6-4-3-5-19-41-25-13-15-26(16-14-25)44-34(39)23-9-11-24(12-10-23)35(40)45-28-18-17-27(43-22-37)31-32(28)47-33(36-31)29-8-7-21-46-29/h2,7-8,13-18,21-24H,1,3-6,9-12,19-20H2. The molecule has 2 heterocycles. The highest BCUT2D eigenvalue weighted by Gasteiger charge is 2.32. The van der Waals surface area contributed by atoms with E-state index in [1.165, 1.54) is 22.7 Å². The van der Waals surface area contributed by atoms with Crippen molar-refractivity contribution in [3.05, 3.63) is 66.6 Å². The predicted octanol–water partition coefficient (Wildman–Crippen LogP) is 7.55. The molecule has 2 aromatic carbocycles. The number of hydrogen-bond donors (Lipinski definition) is 0. The number of ether oxygens (including phenoxy) is 5. The van der Waals surface area contributed by atoms with E-state index < -0.39 is 5.97 Å². The highest BCUT2D eigenvalue weighted by atomic mass is 32.1. The monoisotopic (exact) mass is 677 g/mol. The maximum atomic E-state index is 13.2. The first-order valence-electron chi connectivity index (χ1n) is 15.5. The van der Waals surface area contributed by atoms with E-state index in [0.717, 1.165) is 41.6 Å². The van der Waals surface area contributed by atoms with Crippen molar-refractivity contribution in [2.24, 2.45) is 11.8 Å². The summed E-state index contributed by atoms with van der Waals surface area (Å²) >= 11 is 2.91. The molecule has 0 unspecified atom stereocenters. The number of aromatic nitrogens is 1. The average molecular weight is 678 g/mol. The first-order valence-corrected chi connectivity index (χ1v) is 17.2. The number of nitrogens with zero attached hydrogens (tertiary/aromatic N) is 1. The summed E-state index contributed by atoms with van der Waals surface area (Å²) in [5.41, 5.74) is 0.458. The molecular formula is C35H35NO9S2. The molecule has 0 bridgehead atoms. The van der Waals surface area contributed by atoms with Crippen LogP contribution in [0.5, 0.6) is 23.0 Å². The number of thiophene rings is 1. The topological polar surface area (TPSA) is 127 Å². The van der Waals surface area contributed by atoms with Crippen molar-refractivity contribution >= 4 is 57.3 Å². The Hall–Kier alpha value is -4.55. The molecule has 1 saturated carbocycles. The highest BCUT2D eigenvalue weighted by Crippen LogP contribution is 2.42. The Kier molecular flexibility index (Phi) is 12.1. The zero-order valence-electron chi connectivity index (χ0n) is 25.7. The van der Waals surface area contributed by atoms with Crippen LogP contribution in [-0.2, 0) is 23.9 Å². The molecule has 0 amide bonds. The van der Waals surface area contributed by atoms with Crippen molar-refractivity contribution < 1.29 is 42.9 Å². The Morgan fingerprint density at radius 3 is 2.15 bits per heavy atom. The summed E-state index contributed by atoms with van der Waals surface area (Å²) in [5.74, 6) is 0.0457. The molecule has 1 aliphatic carbocycles. The molecule has 1 fully saturated rings. The molecule has 12 heteroatoms. The summed E-state index contributed by atoms with van der Waals surface area (Å²) in [6.07, 6.45) is 6.76. The van der Waals surface area contributed by atoms with Crippen LogP contribution >= 0.6 is 22.7 Å². The van der Waals surface area contributed by atoms with E-state index in [9.17, 15) is 19.2 Å². The molecule has 4 aromatic rings. The number of rotatable bonds is 16. The van der Waals surface area contributed by atoms with Gasteiger partial charge in [-0.2, -0.15) is 0 Å². The van der Waals surface area contributed by atoms with Crippen LogP contribution in [0.1, 0.15) is 51.4 Å². The maximum Gasteiger partial charge on any atom is 0.330 e. The van der Waals surface area contributed by atoms with Gasteiger partial charge in [0.05, 0.1) is 29.9 Å². The summed E-state index contributed by atoms with van der Waals surface area (Å²) in [5, 5.41) is 2.69. The van der Waals surface area contributed by atoms with Gasteiger partial charge in [0.1, 0.15) is 26.7 Å². The number of fused-ring (bicyclic) bond motifs is 1. The van der Waals surface area contributed by atoms with Gasteiger partial charge in [0.15, 0.2) is 11.5 Å². The quantitative estimate of drug-likeness (QED) is 0.0386. The summed E-state index contributed by atoms with van der Waals surface area (Å²) in [4.78, 5) is 53.7. The second-order valence-corrected chi connectivity index (χ2v) is 12.9. The molecule has 0 radical (unpaired) electrons. The van der Waals surface area contributed by atoms with Crippen LogP contribution in [0.3, 0.4) is 0 Å². The number of unbranched alkanes of at least 4 members (excludes halogenated alkanes) is 3. The van der Waals surface area contributed by atoms with Gasteiger partial charge in [0.25, 0.3) is 6.47 Å². The predicted molar refractivity (Wildman–Crippen MR) is 178 cm³/mol. The lowest BCUT2D eigenvalue weighted by atomic mass is 9.82. The lowest BCUT2D eigenvalue weighted by molar-refractivity contribution is -0.145. The Balaban J connectivity index is 1.05. The molecular weight excluding hydrogens is 643 g/mol. The summed E-state index contributed by atoms with van der Waals surface area (Å²) in [7, 11) is 0. The van der Waals surface area contributed by atoms with Crippen LogP contribution in [0.2, 0.25) is 0 Å². The Bertz CT molecular complexity index is 1670. The minimum absolute atomic E-state index is 0.295. The minimum atomic E-state index is -0.400. The van der Waals surface area contributed by atoms with Crippen molar-refractivity contribution in [3.63, 3.8) is 0 Å². The SMILES string of the molecule is C=CC(=O)OCCCCCCOc1ccc(OC(=O)C2CCC(C(=O)Oc3ccc(OC=O)c4nc(-c5cccs5)sc34)CC2)cc1. The normalized spacial score (nSPS) is 15.8. The van der Waals surface area contributed by atoms with E-state index in [4.69, 9.17) is 23.7 Å². The number of carbonyl (C=O) groups excluding carboxylic acids is 4. The second-order valence-electron chi connectivity index (χ2n) is 10.9. The van der Waals surface area contributed by atoms with Gasteiger partial charge in [-0.25, -0.2) is 9.78 Å². The Morgan fingerprint density at radius 1 is 0.830 bits per heavy atom. The Morgan fingerprint density at radius 2 is 1.49 bits per heavy atom. The van der Waals surface area contributed by atoms with Gasteiger partial charge in [-0.05, 0) is 99.2 Å². The number of thiazole rings is 1. The lowest BCUT2D eigenvalue weighted by Crippen LogP contribution is -2.30. The van der Waals surface area contributed by atoms with Crippen molar-refractivity contribution in [3.8, 4) is 32.9 Å². The molecule has 0 atom stereocenters.